The van der Waals surface area contributed by atoms with Crippen molar-refractivity contribution >= 4 is 17.4 Å². The maximum atomic E-state index is 4.70. The van der Waals surface area contributed by atoms with E-state index in [0.29, 0.717) is 0 Å². The van der Waals surface area contributed by atoms with Crippen LogP contribution in [0.25, 0.3) is 16.8 Å². The van der Waals surface area contributed by atoms with Crippen LogP contribution in [-0.4, -0.2) is 20.4 Å². The molecule has 0 spiro atoms. The highest BCUT2D eigenvalue weighted by atomic mass is 32.2. The Labute approximate surface area is 135 Å². The number of aromatic nitrogens is 3. The molecule has 0 atom stereocenters. The second-order valence-corrected chi connectivity index (χ2v) is 6.57. The first-order valence-electron chi connectivity index (χ1n) is 7.83. The number of aryl methyl sites for hydroxylation is 1. The quantitative estimate of drug-likeness (QED) is 0.365. The molecule has 2 heterocycles. The van der Waals surface area contributed by atoms with Gasteiger partial charge in [-0.05, 0) is 30.7 Å². The van der Waals surface area contributed by atoms with E-state index >= 15 is 0 Å². The largest absolute Gasteiger partial charge is 0.233 e. The van der Waals surface area contributed by atoms with Crippen LogP contribution < -0.4 is 0 Å². The highest BCUT2D eigenvalue weighted by molar-refractivity contribution is 7.99. The number of rotatable bonds is 6. The van der Waals surface area contributed by atoms with Gasteiger partial charge in [-0.3, -0.25) is 0 Å². The van der Waals surface area contributed by atoms with Crippen LogP contribution in [0.2, 0.25) is 0 Å². The minimum atomic E-state index is 0.948. The third kappa shape index (κ3) is 3.17. The Balaban J connectivity index is 1.96. The first-order chi connectivity index (χ1) is 10.8. The van der Waals surface area contributed by atoms with Crippen LogP contribution in [0.5, 0.6) is 0 Å². The van der Waals surface area contributed by atoms with Gasteiger partial charge in [0.05, 0.1) is 6.20 Å². The Kier molecular flexibility index (Phi) is 4.78. The molecular weight excluding hydrogens is 290 g/mol. The zero-order valence-electron chi connectivity index (χ0n) is 13.1. The SMILES string of the molecule is CCCCCSc1cc(C)nc2c(-c3ccccc3)cnn12. The standard InChI is InChI=1S/C18H21N3S/c1-3-4-8-11-22-17-12-14(2)20-18-16(13-19-21(17)18)15-9-6-5-7-10-15/h5-7,9-10,12-13H,3-4,8,11H2,1-2H3. The average Bonchev–Trinajstić information content (AvgIpc) is 2.96. The van der Waals surface area contributed by atoms with Crippen LogP contribution in [0, 0.1) is 6.92 Å². The van der Waals surface area contributed by atoms with Crippen LogP contribution in [0.15, 0.2) is 47.6 Å². The van der Waals surface area contributed by atoms with Gasteiger partial charge in [0.2, 0.25) is 0 Å². The van der Waals surface area contributed by atoms with Crippen molar-refractivity contribution < 1.29 is 0 Å². The average molecular weight is 311 g/mol. The maximum Gasteiger partial charge on any atom is 0.164 e. The summed E-state index contributed by atoms with van der Waals surface area (Å²) in [5.74, 6) is 1.13. The molecule has 1 aromatic carbocycles. The third-order valence-corrected chi connectivity index (χ3v) is 4.73. The molecule has 0 bridgehead atoms. The molecule has 4 heteroatoms. The van der Waals surface area contributed by atoms with Crippen molar-refractivity contribution in [3.8, 4) is 11.1 Å². The number of fused-ring (bicyclic) bond motifs is 1. The predicted octanol–water partition coefficient (Wildman–Crippen LogP) is 4.99. The molecular formula is C18H21N3S. The summed E-state index contributed by atoms with van der Waals surface area (Å²) in [6.07, 6.45) is 5.71. The lowest BCUT2D eigenvalue weighted by molar-refractivity contribution is 0.775. The summed E-state index contributed by atoms with van der Waals surface area (Å²) in [6.45, 7) is 4.29. The minimum Gasteiger partial charge on any atom is -0.233 e. The van der Waals surface area contributed by atoms with Crippen LogP contribution in [0.4, 0.5) is 0 Å². The van der Waals surface area contributed by atoms with Gasteiger partial charge < -0.3 is 0 Å². The van der Waals surface area contributed by atoms with Gasteiger partial charge in [-0.25, -0.2) is 9.50 Å². The fourth-order valence-electron chi connectivity index (χ4n) is 2.50. The van der Waals surface area contributed by atoms with E-state index in [1.165, 1.54) is 24.3 Å². The minimum absolute atomic E-state index is 0.948. The molecule has 0 saturated carbocycles. The van der Waals surface area contributed by atoms with E-state index in [1.54, 1.807) is 0 Å². The fourth-order valence-corrected chi connectivity index (χ4v) is 3.57. The summed E-state index contributed by atoms with van der Waals surface area (Å²) < 4.78 is 1.98. The Morgan fingerprint density at radius 2 is 1.95 bits per heavy atom. The van der Waals surface area contributed by atoms with E-state index in [0.717, 1.165) is 28.2 Å². The zero-order chi connectivity index (χ0) is 15.4. The van der Waals surface area contributed by atoms with Gasteiger partial charge in [0.25, 0.3) is 0 Å². The van der Waals surface area contributed by atoms with Gasteiger partial charge >= 0.3 is 0 Å². The lowest BCUT2D eigenvalue weighted by Gasteiger charge is -2.06. The molecule has 0 fully saturated rings. The number of nitrogens with zero attached hydrogens (tertiary/aromatic N) is 3. The predicted molar refractivity (Wildman–Crippen MR) is 93.4 cm³/mol. The molecule has 22 heavy (non-hydrogen) atoms. The summed E-state index contributed by atoms with van der Waals surface area (Å²) in [6, 6.07) is 12.5. The van der Waals surface area contributed by atoms with E-state index in [2.05, 4.69) is 49.3 Å². The first-order valence-corrected chi connectivity index (χ1v) is 8.81. The Morgan fingerprint density at radius 3 is 2.73 bits per heavy atom. The van der Waals surface area contributed by atoms with Gasteiger partial charge in [-0.15, -0.1) is 11.8 Å². The molecule has 3 nitrogen and oxygen atoms in total. The molecule has 0 radical (unpaired) electrons. The lowest BCUT2D eigenvalue weighted by atomic mass is 10.1. The highest BCUT2D eigenvalue weighted by Crippen LogP contribution is 2.27. The summed E-state index contributed by atoms with van der Waals surface area (Å²) >= 11 is 1.87. The molecule has 0 unspecified atom stereocenters. The van der Waals surface area contributed by atoms with Crippen molar-refractivity contribution in [2.45, 2.75) is 38.1 Å². The second-order valence-electron chi connectivity index (χ2n) is 5.45. The van der Waals surface area contributed by atoms with Crippen LogP contribution in [0.1, 0.15) is 31.9 Å². The smallest absolute Gasteiger partial charge is 0.164 e. The molecule has 0 aliphatic carbocycles. The topological polar surface area (TPSA) is 30.2 Å². The second kappa shape index (κ2) is 6.97. The first kappa shape index (κ1) is 15.1. The van der Waals surface area contributed by atoms with Gasteiger partial charge in [-0.1, -0.05) is 50.1 Å². The molecule has 0 amide bonds. The molecule has 0 saturated heterocycles. The normalized spacial score (nSPS) is 11.2. The fraction of sp³-hybridized carbons (Fsp3) is 0.333. The van der Waals surface area contributed by atoms with E-state index in [4.69, 9.17) is 4.98 Å². The maximum absolute atomic E-state index is 4.70. The molecule has 2 aromatic heterocycles. The lowest BCUT2D eigenvalue weighted by Crippen LogP contribution is -1.98. The van der Waals surface area contributed by atoms with E-state index < -0.39 is 0 Å². The van der Waals surface area contributed by atoms with Gasteiger partial charge in [0, 0.05) is 11.3 Å². The molecule has 0 aliphatic rings. The molecule has 114 valence electrons. The zero-order valence-corrected chi connectivity index (χ0v) is 13.9. The van der Waals surface area contributed by atoms with Gasteiger partial charge in [-0.2, -0.15) is 5.10 Å². The van der Waals surface area contributed by atoms with E-state index in [9.17, 15) is 0 Å². The molecule has 3 aromatic rings. The van der Waals surface area contributed by atoms with Crippen molar-refractivity contribution in [3.05, 3.63) is 48.3 Å². The summed E-state index contributed by atoms with van der Waals surface area (Å²) in [4.78, 5) is 4.70. The van der Waals surface area contributed by atoms with E-state index in [1.807, 2.05) is 28.5 Å². The van der Waals surface area contributed by atoms with Crippen molar-refractivity contribution in [1.29, 1.82) is 0 Å². The van der Waals surface area contributed by atoms with Crippen molar-refractivity contribution in [2.75, 3.05) is 5.75 Å². The van der Waals surface area contributed by atoms with E-state index in [-0.39, 0.29) is 0 Å². The summed E-state index contributed by atoms with van der Waals surface area (Å²) in [5, 5.41) is 5.75. The number of unbranched alkanes of at least 4 members (excludes halogenated alkanes) is 2. The van der Waals surface area contributed by atoms with Crippen LogP contribution in [0.3, 0.4) is 0 Å². The molecule has 0 N–H and O–H groups in total. The van der Waals surface area contributed by atoms with Crippen LogP contribution >= 0.6 is 11.8 Å². The number of thioether (sulfide) groups is 1. The van der Waals surface area contributed by atoms with Crippen molar-refractivity contribution in [2.24, 2.45) is 0 Å². The highest BCUT2D eigenvalue weighted by Gasteiger charge is 2.11. The van der Waals surface area contributed by atoms with Gasteiger partial charge in [0.15, 0.2) is 5.65 Å². The van der Waals surface area contributed by atoms with Crippen LogP contribution in [-0.2, 0) is 0 Å². The Hall–Kier alpha value is -1.81. The third-order valence-electron chi connectivity index (χ3n) is 3.65. The summed E-state index contributed by atoms with van der Waals surface area (Å²) in [5.41, 5.74) is 4.25. The number of benzene rings is 1. The van der Waals surface area contributed by atoms with Crippen molar-refractivity contribution in [3.63, 3.8) is 0 Å². The number of hydrogen-bond donors (Lipinski definition) is 0. The number of hydrogen-bond acceptors (Lipinski definition) is 3. The monoisotopic (exact) mass is 311 g/mol. The van der Waals surface area contributed by atoms with Crippen molar-refractivity contribution in [1.82, 2.24) is 14.6 Å². The Bertz CT molecular complexity index is 750. The Morgan fingerprint density at radius 1 is 1.14 bits per heavy atom. The molecule has 3 rings (SSSR count). The molecule has 0 aliphatic heterocycles. The van der Waals surface area contributed by atoms with Gasteiger partial charge in [0.1, 0.15) is 5.03 Å². The summed E-state index contributed by atoms with van der Waals surface area (Å²) in [7, 11) is 0.